The maximum absolute atomic E-state index is 12.1. The van der Waals surface area contributed by atoms with Crippen molar-refractivity contribution in [2.75, 3.05) is 18.2 Å². The fourth-order valence-corrected chi connectivity index (χ4v) is 1.64. The zero-order valence-corrected chi connectivity index (χ0v) is 11.8. The van der Waals surface area contributed by atoms with Gasteiger partial charge in [0.25, 0.3) is 5.91 Å². The smallest absolute Gasteiger partial charge is 0.256 e. The van der Waals surface area contributed by atoms with Gasteiger partial charge in [0.05, 0.1) is 5.69 Å². The lowest BCUT2D eigenvalue weighted by Gasteiger charge is -2.25. The van der Waals surface area contributed by atoms with Gasteiger partial charge in [-0.15, -0.1) is 0 Å². The van der Waals surface area contributed by atoms with Gasteiger partial charge < -0.3 is 15.8 Å². The molecule has 0 saturated heterocycles. The predicted molar refractivity (Wildman–Crippen MR) is 72.9 cm³/mol. The molecule has 0 aliphatic heterocycles. The van der Waals surface area contributed by atoms with Crippen LogP contribution in [0.1, 0.15) is 20.3 Å². The van der Waals surface area contributed by atoms with E-state index in [0.717, 1.165) is 4.47 Å². The van der Waals surface area contributed by atoms with Crippen molar-refractivity contribution in [3.05, 3.63) is 22.7 Å². The summed E-state index contributed by atoms with van der Waals surface area (Å²) in [6.45, 7) is 3.65. The van der Waals surface area contributed by atoms with Crippen molar-refractivity contribution in [1.82, 2.24) is 0 Å². The first kappa shape index (κ1) is 14.0. The van der Waals surface area contributed by atoms with E-state index in [0.29, 0.717) is 17.8 Å². The monoisotopic (exact) mass is 300 g/mol. The van der Waals surface area contributed by atoms with Crippen LogP contribution < -0.4 is 11.1 Å². The molecular weight excluding hydrogens is 284 g/mol. The van der Waals surface area contributed by atoms with Gasteiger partial charge in [0.2, 0.25) is 0 Å². The lowest BCUT2D eigenvalue weighted by Crippen LogP contribution is -2.41. The van der Waals surface area contributed by atoms with Crippen molar-refractivity contribution in [3.63, 3.8) is 0 Å². The Kier molecular flexibility index (Phi) is 4.54. The number of hydrogen-bond donors (Lipinski definition) is 2. The van der Waals surface area contributed by atoms with E-state index in [9.17, 15) is 4.79 Å². The van der Waals surface area contributed by atoms with Crippen LogP contribution in [0, 0.1) is 0 Å². The number of ether oxygens (including phenoxy) is 1. The first-order valence-electron chi connectivity index (χ1n) is 5.34. The number of hydrogen-bond acceptors (Lipinski definition) is 3. The van der Waals surface area contributed by atoms with Crippen LogP contribution in [0.25, 0.3) is 0 Å². The van der Waals surface area contributed by atoms with Crippen LogP contribution in [-0.2, 0) is 9.53 Å². The normalized spacial score (nSPS) is 14.1. The van der Waals surface area contributed by atoms with Gasteiger partial charge in [-0.3, -0.25) is 4.79 Å². The molecule has 1 aromatic rings. The second kappa shape index (κ2) is 5.51. The minimum Gasteiger partial charge on any atom is -0.399 e. The number of methoxy groups -OCH3 is 1. The van der Waals surface area contributed by atoms with Crippen LogP contribution in [0.3, 0.4) is 0 Å². The second-order valence-corrected chi connectivity index (χ2v) is 4.84. The quantitative estimate of drug-likeness (QED) is 0.841. The van der Waals surface area contributed by atoms with Crippen LogP contribution in [0.4, 0.5) is 11.4 Å². The van der Waals surface area contributed by atoms with E-state index in [1.807, 2.05) is 6.92 Å². The number of nitrogens with one attached hydrogen (secondary N) is 1. The van der Waals surface area contributed by atoms with Crippen molar-refractivity contribution < 1.29 is 9.53 Å². The zero-order chi connectivity index (χ0) is 13.1. The number of halogens is 1. The van der Waals surface area contributed by atoms with E-state index in [1.165, 1.54) is 7.11 Å². The SMILES string of the molecule is CCC(C)(OC)C(=O)Nc1cc(N)ccc1Br. The van der Waals surface area contributed by atoms with Crippen LogP contribution in [0.5, 0.6) is 0 Å². The van der Waals surface area contributed by atoms with Gasteiger partial charge in [-0.25, -0.2) is 0 Å². The Balaban J connectivity index is 2.91. The lowest BCUT2D eigenvalue weighted by atomic mass is 10.0. The number of benzene rings is 1. The molecule has 3 N–H and O–H groups in total. The zero-order valence-electron chi connectivity index (χ0n) is 10.2. The highest BCUT2D eigenvalue weighted by Gasteiger charge is 2.31. The van der Waals surface area contributed by atoms with E-state index >= 15 is 0 Å². The van der Waals surface area contributed by atoms with Gasteiger partial charge in [0, 0.05) is 17.3 Å². The van der Waals surface area contributed by atoms with E-state index in [4.69, 9.17) is 10.5 Å². The molecule has 94 valence electrons. The number of rotatable bonds is 4. The topological polar surface area (TPSA) is 64.3 Å². The summed E-state index contributed by atoms with van der Waals surface area (Å²) in [6, 6.07) is 5.25. The van der Waals surface area contributed by atoms with Gasteiger partial charge in [-0.1, -0.05) is 6.92 Å². The summed E-state index contributed by atoms with van der Waals surface area (Å²) >= 11 is 3.36. The molecule has 0 radical (unpaired) electrons. The molecule has 0 aliphatic rings. The highest BCUT2D eigenvalue weighted by atomic mass is 79.9. The van der Waals surface area contributed by atoms with E-state index in [-0.39, 0.29) is 5.91 Å². The number of carbonyl (C=O) groups excluding carboxylic acids is 1. The Morgan fingerprint density at radius 1 is 1.59 bits per heavy atom. The molecule has 0 heterocycles. The van der Waals surface area contributed by atoms with Gasteiger partial charge in [0.1, 0.15) is 5.60 Å². The molecular formula is C12H17BrN2O2. The molecule has 0 spiro atoms. The molecule has 0 saturated carbocycles. The Morgan fingerprint density at radius 3 is 2.76 bits per heavy atom. The van der Waals surface area contributed by atoms with Gasteiger partial charge >= 0.3 is 0 Å². The average molecular weight is 301 g/mol. The van der Waals surface area contributed by atoms with E-state index in [1.54, 1.807) is 25.1 Å². The Hall–Kier alpha value is -1.07. The van der Waals surface area contributed by atoms with Crippen molar-refractivity contribution in [3.8, 4) is 0 Å². The highest BCUT2D eigenvalue weighted by molar-refractivity contribution is 9.10. The summed E-state index contributed by atoms with van der Waals surface area (Å²) in [5.41, 5.74) is 6.09. The summed E-state index contributed by atoms with van der Waals surface area (Å²) in [5, 5.41) is 2.80. The van der Waals surface area contributed by atoms with Crippen molar-refractivity contribution in [2.45, 2.75) is 25.9 Å². The molecule has 4 nitrogen and oxygen atoms in total. The molecule has 17 heavy (non-hydrogen) atoms. The maximum atomic E-state index is 12.1. The molecule has 0 fully saturated rings. The van der Waals surface area contributed by atoms with Crippen molar-refractivity contribution in [1.29, 1.82) is 0 Å². The van der Waals surface area contributed by atoms with Gasteiger partial charge in [-0.05, 0) is 47.5 Å². The molecule has 0 bridgehead atoms. The number of nitrogens with two attached hydrogens (primary N) is 1. The number of carbonyl (C=O) groups is 1. The molecule has 1 amide bonds. The van der Waals surface area contributed by atoms with E-state index in [2.05, 4.69) is 21.2 Å². The third kappa shape index (κ3) is 3.20. The Morgan fingerprint density at radius 2 is 2.24 bits per heavy atom. The van der Waals surface area contributed by atoms with Gasteiger partial charge in [0.15, 0.2) is 0 Å². The summed E-state index contributed by atoms with van der Waals surface area (Å²) < 4.78 is 6.02. The number of amides is 1. The molecule has 0 aromatic heterocycles. The molecule has 1 rings (SSSR count). The van der Waals surface area contributed by atoms with Crippen LogP contribution in [-0.4, -0.2) is 18.6 Å². The van der Waals surface area contributed by atoms with E-state index < -0.39 is 5.60 Å². The number of anilines is 2. The summed E-state index contributed by atoms with van der Waals surface area (Å²) in [4.78, 5) is 12.1. The van der Waals surface area contributed by atoms with Crippen molar-refractivity contribution in [2.24, 2.45) is 0 Å². The first-order valence-corrected chi connectivity index (χ1v) is 6.14. The third-order valence-electron chi connectivity index (χ3n) is 2.84. The first-order chi connectivity index (χ1) is 7.92. The fourth-order valence-electron chi connectivity index (χ4n) is 1.29. The van der Waals surface area contributed by atoms with Crippen molar-refractivity contribution >= 4 is 33.2 Å². The van der Waals surface area contributed by atoms with Crippen LogP contribution in [0.15, 0.2) is 22.7 Å². The standard InChI is InChI=1S/C12H17BrN2O2/c1-4-12(2,17-3)11(16)15-10-7-8(14)5-6-9(10)13/h5-7H,4,14H2,1-3H3,(H,15,16). The largest absolute Gasteiger partial charge is 0.399 e. The Labute approximate surface area is 110 Å². The van der Waals surface area contributed by atoms with Crippen LogP contribution >= 0.6 is 15.9 Å². The highest BCUT2D eigenvalue weighted by Crippen LogP contribution is 2.26. The molecule has 1 aromatic carbocycles. The minimum atomic E-state index is -0.829. The molecule has 0 aliphatic carbocycles. The summed E-state index contributed by atoms with van der Waals surface area (Å²) in [6.07, 6.45) is 0.593. The maximum Gasteiger partial charge on any atom is 0.256 e. The molecule has 1 atom stereocenters. The lowest BCUT2D eigenvalue weighted by molar-refractivity contribution is -0.136. The number of nitrogen functional groups attached to an aromatic ring is 1. The van der Waals surface area contributed by atoms with Gasteiger partial charge in [-0.2, -0.15) is 0 Å². The minimum absolute atomic E-state index is 0.186. The van der Waals surface area contributed by atoms with Crippen LogP contribution in [0.2, 0.25) is 0 Å². The second-order valence-electron chi connectivity index (χ2n) is 3.98. The molecule has 1 unspecified atom stereocenters. The third-order valence-corrected chi connectivity index (χ3v) is 3.54. The average Bonchev–Trinajstić information content (AvgIpc) is 2.32. The Bertz CT molecular complexity index is 417. The molecule has 5 heteroatoms. The summed E-state index contributed by atoms with van der Waals surface area (Å²) in [7, 11) is 1.53. The fraction of sp³-hybridized carbons (Fsp3) is 0.417. The summed E-state index contributed by atoms with van der Waals surface area (Å²) in [5.74, 6) is -0.186. The predicted octanol–water partition coefficient (Wildman–Crippen LogP) is 2.78.